The fourth-order valence-electron chi connectivity index (χ4n) is 2.55. The van der Waals surface area contributed by atoms with Gasteiger partial charge in [0.15, 0.2) is 10.9 Å². The van der Waals surface area contributed by atoms with E-state index in [2.05, 4.69) is 21.9 Å². The molecule has 1 aromatic heterocycles. The van der Waals surface area contributed by atoms with E-state index in [0.29, 0.717) is 22.3 Å². The average molecular weight is 475 g/mol. The van der Waals surface area contributed by atoms with Crippen LogP contribution in [0.15, 0.2) is 83.5 Å². The summed E-state index contributed by atoms with van der Waals surface area (Å²) in [4.78, 5) is 20.9. The summed E-state index contributed by atoms with van der Waals surface area (Å²) in [7, 11) is -2.26. The van der Waals surface area contributed by atoms with E-state index in [1.54, 1.807) is 30.3 Å². The van der Waals surface area contributed by atoms with Gasteiger partial charge in [0.25, 0.3) is 15.9 Å². The number of nitrogens with one attached hydrogen (secondary N) is 1. The van der Waals surface area contributed by atoms with Gasteiger partial charge in [0, 0.05) is 18.5 Å². The van der Waals surface area contributed by atoms with Crippen molar-refractivity contribution in [3.8, 4) is 0 Å². The molecule has 1 N–H and O–H groups in total. The van der Waals surface area contributed by atoms with E-state index in [1.807, 2.05) is 6.07 Å². The highest BCUT2D eigenvalue weighted by Crippen LogP contribution is 2.24. The van der Waals surface area contributed by atoms with Gasteiger partial charge in [-0.2, -0.15) is 0 Å². The molecule has 10 heteroatoms. The Balaban J connectivity index is 1.76. The summed E-state index contributed by atoms with van der Waals surface area (Å²) >= 11 is 7.39. The van der Waals surface area contributed by atoms with Crippen molar-refractivity contribution in [2.75, 3.05) is 22.4 Å². The van der Waals surface area contributed by atoms with Crippen molar-refractivity contribution in [3.05, 3.63) is 84.2 Å². The summed E-state index contributed by atoms with van der Waals surface area (Å²) < 4.78 is 26.9. The highest BCUT2D eigenvalue weighted by atomic mass is 35.5. The summed E-state index contributed by atoms with van der Waals surface area (Å²) in [5, 5.41) is 3.19. The number of aromatic nitrogens is 2. The van der Waals surface area contributed by atoms with Crippen molar-refractivity contribution in [3.63, 3.8) is 0 Å². The minimum Gasteiger partial charge on any atom is -0.321 e. The van der Waals surface area contributed by atoms with Crippen molar-refractivity contribution in [2.45, 2.75) is 10.1 Å². The fraction of sp³-hybridized carbons (Fsp3) is 0.0952. The largest absolute Gasteiger partial charge is 0.321 e. The molecule has 0 atom stereocenters. The molecule has 1 amide bonds. The molecule has 3 aromatic rings. The molecule has 0 aliphatic carbocycles. The number of amides is 1. The Morgan fingerprint density at radius 3 is 2.52 bits per heavy atom. The van der Waals surface area contributed by atoms with Gasteiger partial charge in [0.05, 0.1) is 21.8 Å². The van der Waals surface area contributed by atoms with Crippen LogP contribution in [0.25, 0.3) is 0 Å². The second-order valence-electron chi connectivity index (χ2n) is 6.24. The Kier molecular flexibility index (Phi) is 7.32. The van der Waals surface area contributed by atoms with Gasteiger partial charge in [-0.15, -0.1) is 6.58 Å². The number of rotatable bonds is 8. The van der Waals surface area contributed by atoms with Gasteiger partial charge >= 0.3 is 0 Å². The van der Waals surface area contributed by atoms with Crippen LogP contribution in [0.4, 0.5) is 11.4 Å². The number of hydrogen-bond donors (Lipinski definition) is 1. The van der Waals surface area contributed by atoms with E-state index >= 15 is 0 Å². The minimum absolute atomic E-state index is 0.0312. The lowest BCUT2D eigenvalue weighted by molar-refractivity contribution is 0.102. The molecule has 0 saturated heterocycles. The van der Waals surface area contributed by atoms with Gasteiger partial charge in [-0.25, -0.2) is 18.4 Å². The Bertz CT molecular complexity index is 1190. The third kappa shape index (κ3) is 5.43. The normalized spacial score (nSPS) is 11.0. The quantitative estimate of drug-likeness (QED) is 0.294. The number of sulfonamides is 1. The number of para-hydroxylation sites is 1. The van der Waals surface area contributed by atoms with E-state index in [9.17, 15) is 13.2 Å². The molecule has 0 radical (unpaired) electrons. The number of hydrogen-bond acceptors (Lipinski definition) is 6. The summed E-state index contributed by atoms with van der Waals surface area (Å²) in [6.07, 6.45) is 3.07. The topological polar surface area (TPSA) is 92.3 Å². The maximum atomic E-state index is 12.9. The fourth-order valence-corrected chi connectivity index (χ4v) is 4.47. The molecule has 7 nitrogen and oxygen atoms in total. The standard InChI is InChI=1S/C21H19ClN4O3S2/c1-3-13-30-21-23-14-18(22)19(25-21)20(27)24-15-9-11-17(12-10-15)31(28,29)26(2)16-7-5-4-6-8-16/h3-12,14H,1,13H2,2H3,(H,24,27). The molecule has 160 valence electrons. The zero-order valence-corrected chi connectivity index (χ0v) is 18.9. The van der Waals surface area contributed by atoms with Gasteiger partial charge in [0.1, 0.15) is 0 Å². The van der Waals surface area contributed by atoms with Crippen LogP contribution in [0.2, 0.25) is 5.02 Å². The lowest BCUT2D eigenvalue weighted by Gasteiger charge is -2.19. The Morgan fingerprint density at radius 1 is 1.19 bits per heavy atom. The monoisotopic (exact) mass is 474 g/mol. The van der Waals surface area contributed by atoms with E-state index in [4.69, 9.17) is 11.6 Å². The van der Waals surface area contributed by atoms with Crippen molar-refractivity contribution >= 4 is 50.7 Å². The molecule has 0 aliphatic rings. The lowest BCUT2D eigenvalue weighted by atomic mass is 10.3. The van der Waals surface area contributed by atoms with E-state index in [1.165, 1.54) is 53.6 Å². The van der Waals surface area contributed by atoms with Crippen LogP contribution >= 0.6 is 23.4 Å². The number of anilines is 2. The highest BCUT2D eigenvalue weighted by molar-refractivity contribution is 7.99. The molecule has 0 spiro atoms. The van der Waals surface area contributed by atoms with Gasteiger partial charge in [0.2, 0.25) is 0 Å². The molecule has 0 unspecified atom stereocenters. The first kappa shape index (κ1) is 22.8. The Labute approximate surface area is 190 Å². The van der Waals surface area contributed by atoms with Crippen LogP contribution < -0.4 is 9.62 Å². The molecule has 0 saturated carbocycles. The molecule has 31 heavy (non-hydrogen) atoms. The van der Waals surface area contributed by atoms with Crippen LogP contribution in [-0.2, 0) is 10.0 Å². The number of nitrogens with zero attached hydrogens (tertiary/aromatic N) is 3. The Hall–Kier alpha value is -2.88. The third-order valence-corrected chi connectivity index (χ3v) is 7.09. The zero-order valence-electron chi connectivity index (χ0n) is 16.5. The first-order valence-electron chi connectivity index (χ1n) is 9.04. The summed E-state index contributed by atoms with van der Waals surface area (Å²) in [6.45, 7) is 3.63. The van der Waals surface area contributed by atoms with Crippen LogP contribution in [0.1, 0.15) is 10.5 Å². The number of carbonyl (C=O) groups is 1. The highest BCUT2D eigenvalue weighted by Gasteiger charge is 2.21. The number of carbonyl (C=O) groups excluding carboxylic acids is 1. The maximum Gasteiger partial charge on any atom is 0.275 e. The van der Waals surface area contributed by atoms with Gasteiger partial charge in [-0.3, -0.25) is 9.10 Å². The molecular formula is C21H19ClN4O3S2. The number of benzene rings is 2. The summed E-state index contributed by atoms with van der Waals surface area (Å²) in [5.74, 6) is 0.0700. The van der Waals surface area contributed by atoms with E-state index < -0.39 is 15.9 Å². The van der Waals surface area contributed by atoms with Crippen molar-refractivity contribution in [1.29, 1.82) is 0 Å². The maximum absolute atomic E-state index is 12.9. The SMILES string of the molecule is C=CCSc1ncc(Cl)c(C(=O)Nc2ccc(S(=O)(=O)N(C)c3ccccc3)cc2)n1. The minimum atomic E-state index is -3.74. The van der Waals surface area contributed by atoms with E-state index in [-0.39, 0.29) is 15.6 Å². The molecule has 3 rings (SSSR count). The molecule has 0 fully saturated rings. The second-order valence-corrected chi connectivity index (χ2v) is 9.60. The van der Waals surface area contributed by atoms with Crippen LogP contribution in [-0.4, -0.2) is 37.1 Å². The van der Waals surface area contributed by atoms with Crippen LogP contribution in [0, 0.1) is 0 Å². The molecule has 2 aromatic carbocycles. The van der Waals surface area contributed by atoms with Crippen LogP contribution in [0.5, 0.6) is 0 Å². The van der Waals surface area contributed by atoms with Crippen molar-refractivity contribution < 1.29 is 13.2 Å². The smallest absolute Gasteiger partial charge is 0.275 e. The number of thioether (sulfide) groups is 1. The number of halogens is 1. The predicted molar refractivity (Wildman–Crippen MR) is 124 cm³/mol. The van der Waals surface area contributed by atoms with Gasteiger partial charge in [-0.1, -0.05) is 47.6 Å². The van der Waals surface area contributed by atoms with Crippen LogP contribution in [0.3, 0.4) is 0 Å². The predicted octanol–water partition coefficient (Wildman–Crippen LogP) is 4.49. The second kappa shape index (κ2) is 9.95. The van der Waals surface area contributed by atoms with Crippen molar-refractivity contribution in [2.24, 2.45) is 0 Å². The van der Waals surface area contributed by atoms with Gasteiger partial charge < -0.3 is 5.32 Å². The zero-order chi connectivity index (χ0) is 22.4. The molecule has 0 aliphatic heterocycles. The van der Waals surface area contributed by atoms with E-state index in [0.717, 1.165) is 0 Å². The molecular weight excluding hydrogens is 456 g/mol. The molecule has 0 bridgehead atoms. The summed E-state index contributed by atoms with van der Waals surface area (Å²) in [5.41, 5.74) is 0.980. The average Bonchev–Trinajstić information content (AvgIpc) is 2.78. The summed E-state index contributed by atoms with van der Waals surface area (Å²) in [6, 6.07) is 14.6. The lowest BCUT2D eigenvalue weighted by Crippen LogP contribution is -2.26. The van der Waals surface area contributed by atoms with Crippen molar-refractivity contribution in [1.82, 2.24) is 9.97 Å². The first-order valence-corrected chi connectivity index (χ1v) is 11.8. The third-order valence-electron chi connectivity index (χ3n) is 4.16. The van der Waals surface area contributed by atoms with Gasteiger partial charge in [-0.05, 0) is 36.4 Å². The first-order chi connectivity index (χ1) is 14.8. The molecule has 1 heterocycles. The Morgan fingerprint density at radius 2 is 1.87 bits per heavy atom.